The van der Waals surface area contributed by atoms with Gasteiger partial charge in [-0.2, -0.15) is 4.31 Å². The molecule has 0 aliphatic carbocycles. The largest absolute Gasteiger partial charge is 0.373 e. The van der Waals surface area contributed by atoms with Gasteiger partial charge >= 0.3 is 0 Å². The van der Waals surface area contributed by atoms with Gasteiger partial charge in [0.15, 0.2) is 5.96 Å². The Balaban J connectivity index is 0.00000256. The van der Waals surface area contributed by atoms with Crippen LogP contribution in [0, 0.1) is 5.92 Å². The summed E-state index contributed by atoms with van der Waals surface area (Å²) in [5.74, 6) is 1.17. The number of ether oxygens (including phenoxy) is 1. The topological polar surface area (TPSA) is 83.0 Å². The summed E-state index contributed by atoms with van der Waals surface area (Å²) in [6.45, 7) is 3.92. The van der Waals surface area contributed by atoms with Crippen LogP contribution in [0.3, 0.4) is 0 Å². The van der Waals surface area contributed by atoms with Crippen molar-refractivity contribution in [2.45, 2.75) is 68.7 Å². The fourth-order valence-corrected chi connectivity index (χ4v) is 6.24. The third kappa shape index (κ3) is 5.28. The molecule has 0 amide bonds. The molecule has 9 heteroatoms. The maximum atomic E-state index is 12.9. The van der Waals surface area contributed by atoms with Crippen molar-refractivity contribution in [3.8, 4) is 0 Å². The molecule has 4 atom stereocenters. The summed E-state index contributed by atoms with van der Waals surface area (Å²) in [5.41, 5.74) is 1.02. The average molecular weight is 548 g/mol. The fraction of sp³-hybridized carbons (Fsp3) is 0.667. The molecular formula is C21H33IN4O3S. The van der Waals surface area contributed by atoms with Gasteiger partial charge in [-0.3, -0.25) is 4.99 Å². The minimum Gasteiger partial charge on any atom is -0.373 e. The van der Waals surface area contributed by atoms with Crippen molar-refractivity contribution in [2.75, 3.05) is 20.1 Å². The van der Waals surface area contributed by atoms with Crippen molar-refractivity contribution in [3.63, 3.8) is 0 Å². The van der Waals surface area contributed by atoms with Crippen molar-refractivity contribution in [2.24, 2.45) is 10.9 Å². The van der Waals surface area contributed by atoms with Gasteiger partial charge in [0, 0.05) is 26.7 Å². The Morgan fingerprint density at radius 3 is 2.60 bits per heavy atom. The second-order valence-electron chi connectivity index (χ2n) is 8.54. The molecule has 0 radical (unpaired) electrons. The molecule has 4 rings (SSSR count). The Labute approximate surface area is 197 Å². The number of hydrogen-bond acceptors (Lipinski definition) is 4. The van der Waals surface area contributed by atoms with Crippen molar-refractivity contribution >= 4 is 40.0 Å². The molecule has 30 heavy (non-hydrogen) atoms. The maximum absolute atomic E-state index is 12.9. The minimum absolute atomic E-state index is 0. The number of rotatable bonds is 5. The monoisotopic (exact) mass is 548 g/mol. The van der Waals surface area contributed by atoms with Crippen LogP contribution in [0.15, 0.2) is 34.2 Å². The second-order valence-corrected chi connectivity index (χ2v) is 10.5. The Morgan fingerprint density at radius 2 is 2.00 bits per heavy atom. The first-order chi connectivity index (χ1) is 14.0. The molecule has 3 heterocycles. The molecule has 0 spiro atoms. The Kier molecular flexibility index (Phi) is 8.03. The summed E-state index contributed by atoms with van der Waals surface area (Å²) in [6.07, 6.45) is 6.04. The van der Waals surface area contributed by atoms with E-state index in [0.29, 0.717) is 48.7 Å². The molecule has 3 aliphatic rings. The summed E-state index contributed by atoms with van der Waals surface area (Å²) < 4.78 is 33.3. The normalized spacial score (nSPS) is 29.5. The summed E-state index contributed by atoms with van der Waals surface area (Å²) in [6, 6.07) is 7.50. The first-order valence-corrected chi connectivity index (χ1v) is 12.1. The van der Waals surface area contributed by atoms with Gasteiger partial charge in [-0.15, -0.1) is 24.0 Å². The number of halogens is 1. The summed E-state index contributed by atoms with van der Waals surface area (Å²) in [7, 11) is -1.64. The van der Waals surface area contributed by atoms with Crippen molar-refractivity contribution < 1.29 is 13.2 Å². The zero-order valence-corrected chi connectivity index (χ0v) is 20.9. The lowest BCUT2D eigenvalue weighted by Crippen LogP contribution is -2.47. The maximum Gasteiger partial charge on any atom is 0.243 e. The molecule has 3 saturated heterocycles. The number of sulfonamides is 1. The molecule has 7 nitrogen and oxygen atoms in total. The van der Waals surface area contributed by atoms with E-state index in [1.54, 1.807) is 23.5 Å². The van der Waals surface area contributed by atoms with Gasteiger partial charge in [0.25, 0.3) is 0 Å². The van der Waals surface area contributed by atoms with Crippen LogP contribution in [0.1, 0.15) is 44.6 Å². The Morgan fingerprint density at radius 1 is 1.23 bits per heavy atom. The van der Waals surface area contributed by atoms with Crippen LogP contribution in [-0.2, 0) is 21.3 Å². The van der Waals surface area contributed by atoms with Gasteiger partial charge in [-0.05, 0) is 55.7 Å². The standard InChI is InChI=1S/C21H32N4O3S.HI/c1-15-4-3-11-25(14-15)29(26,27)18-8-5-16(6-9-18)13-23-21(22-2)24-19-12-17-7-10-20(19)28-17;/h5-6,8-9,15,17,19-20H,3-4,7,10-14H2,1-2H3,(H2,22,23,24);1H. The van der Waals surface area contributed by atoms with Crippen LogP contribution >= 0.6 is 24.0 Å². The highest BCUT2D eigenvalue weighted by molar-refractivity contribution is 14.0. The number of hydrogen-bond donors (Lipinski definition) is 2. The lowest BCUT2D eigenvalue weighted by molar-refractivity contribution is 0.0992. The van der Waals surface area contributed by atoms with Crippen LogP contribution in [0.4, 0.5) is 0 Å². The van der Waals surface area contributed by atoms with Gasteiger partial charge in [-0.25, -0.2) is 8.42 Å². The molecule has 3 fully saturated rings. The lowest BCUT2D eigenvalue weighted by atomic mass is 9.96. The summed E-state index contributed by atoms with van der Waals surface area (Å²) in [5, 5.41) is 6.78. The van der Waals surface area contributed by atoms with E-state index >= 15 is 0 Å². The van der Waals surface area contributed by atoms with E-state index in [0.717, 1.165) is 37.2 Å². The quantitative estimate of drug-likeness (QED) is 0.336. The Hall–Kier alpha value is -0.910. The second kappa shape index (κ2) is 10.1. The molecule has 2 N–H and O–H groups in total. The lowest BCUT2D eigenvalue weighted by Gasteiger charge is -2.30. The van der Waals surface area contributed by atoms with Gasteiger partial charge < -0.3 is 15.4 Å². The minimum atomic E-state index is -3.41. The van der Waals surface area contributed by atoms with E-state index in [9.17, 15) is 8.42 Å². The van der Waals surface area contributed by atoms with Crippen LogP contribution in [0.2, 0.25) is 0 Å². The summed E-state index contributed by atoms with van der Waals surface area (Å²) >= 11 is 0. The highest BCUT2D eigenvalue weighted by atomic mass is 127. The van der Waals surface area contributed by atoms with Crippen LogP contribution in [0.25, 0.3) is 0 Å². The molecular weight excluding hydrogens is 515 g/mol. The third-order valence-electron chi connectivity index (χ3n) is 6.29. The molecule has 4 unspecified atom stereocenters. The van der Waals surface area contributed by atoms with E-state index in [1.807, 2.05) is 12.1 Å². The molecule has 1 aromatic rings. The average Bonchev–Trinajstić information content (AvgIpc) is 3.34. The van der Waals surface area contributed by atoms with Crippen molar-refractivity contribution in [3.05, 3.63) is 29.8 Å². The number of fused-ring (bicyclic) bond motifs is 2. The van der Waals surface area contributed by atoms with Crippen LogP contribution < -0.4 is 10.6 Å². The molecule has 168 valence electrons. The molecule has 1 aromatic carbocycles. The van der Waals surface area contributed by atoms with Gasteiger partial charge in [0.05, 0.1) is 23.1 Å². The predicted octanol–water partition coefficient (Wildman–Crippen LogP) is 2.71. The molecule has 0 aromatic heterocycles. The molecule has 3 aliphatic heterocycles. The Bertz CT molecular complexity index is 846. The van der Waals surface area contributed by atoms with Gasteiger partial charge in [0.1, 0.15) is 0 Å². The SMILES string of the molecule is CN=C(NCc1ccc(S(=O)(=O)N2CCCC(C)C2)cc1)NC1CC2CCC1O2.I. The highest BCUT2D eigenvalue weighted by Crippen LogP contribution is 2.34. The smallest absolute Gasteiger partial charge is 0.243 e. The predicted molar refractivity (Wildman–Crippen MR) is 129 cm³/mol. The van der Waals surface area contributed by atoms with Gasteiger partial charge in [0.2, 0.25) is 10.0 Å². The third-order valence-corrected chi connectivity index (χ3v) is 8.17. The fourth-order valence-electron chi connectivity index (χ4n) is 4.64. The highest BCUT2D eigenvalue weighted by Gasteiger charge is 2.41. The van der Waals surface area contributed by atoms with E-state index in [-0.39, 0.29) is 24.0 Å². The van der Waals surface area contributed by atoms with Crippen molar-refractivity contribution in [1.29, 1.82) is 0 Å². The van der Waals surface area contributed by atoms with E-state index in [1.165, 1.54) is 6.42 Å². The zero-order chi connectivity index (χ0) is 20.4. The van der Waals surface area contributed by atoms with E-state index in [4.69, 9.17) is 4.74 Å². The number of nitrogens with zero attached hydrogens (tertiary/aromatic N) is 2. The number of benzene rings is 1. The van der Waals surface area contributed by atoms with Crippen LogP contribution in [0.5, 0.6) is 0 Å². The molecule has 2 bridgehead atoms. The van der Waals surface area contributed by atoms with Crippen LogP contribution in [-0.4, -0.2) is 57.1 Å². The van der Waals surface area contributed by atoms with Gasteiger partial charge in [-0.1, -0.05) is 19.1 Å². The van der Waals surface area contributed by atoms with E-state index < -0.39 is 10.0 Å². The summed E-state index contributed by atoms with van der Waals surface area (Å²) in [4.78, 5) is 4.68. The number of nitrogens with one attached hydrogen (secondary N) is 2. The number of aliphatic imine (C=N–C) groups is 1. The first-order valence-electron chi connectivity index (χ1n) is 10.7. The number of piperidine rings is 1. The van der Waals surface area contributed by atoms with Crippen molar-refractivity contribution in [1.82, 2.24) is 14.9 Å². The van der Waals surface area contributed by atoms with E-state index in [2.05, 4.69) is 22.5 Å². The zero-order valence-electron chi connectivity index (χ0n) is 17.7. The number of guanidine groups is 1. The molecule has 0 saturated carbocycles. The first kappa shape index (κ1) is 23.7.